The van der Waals surface area contributed by atoms with E-state index in [2.05, 4.69) is 5.32 Å². The Hall–Kier alpha value is -3.27. The maximum Gasteiger partial charge on any atom is 0.242 e. The molecule has 1 N–H and O–H groups in total. The Balaban J connectivity index is 2.23. The van der Waals surface area contributed by atoms with Crippen LogP contribution < -0.4 is 19.1 Å². The highest BCUT2D eigenvalue weighted by Crippen LogP contribution is 2.30. The van der Waals surface area contributed by atoms with Crippen molar-refractivity contribution < 1.29 is 27.5 Å². The first-order valence-electron chi connectivity index (χ1n) is 13.0. The lowest BCUT2D eigenvalue weighted by atomic mass is 10.1. The number of ether oxygens (including phenoxy) is 2. The summed E-state index contributed by atoms with van der Waals surface area (Å²) in [4.78, 5) is 28.1. The number of para-hydroxylation sites is 2. The molecule has 2 aromatic carbocycles. The predicted molar refractivity (Wildman–Crippen MR) is 150 cm³/mol. The molecule has 0 saturated heterocycles. The number of unbranched alkanes of at least 4 members (excludes halogenated alkanes) is 1. The number of benzene rings is 2. The first kappa shape index (κ1) is 31.0. The molecule has 0 bridgehead atoms. The molecule has 0 fully saturated rings. The van der Waals surface area contributed by atoms with E-state index in [9.17, 15) is 18.0 Å². The number of anilines is 1. The monoisotopic (exact) mass is 547 g/mol. The van der Waals surface area contributed by atoms with Crippen LogP contribution in [0, 0.1) is 0 Å². The molecule has 0 aliphatic heterocycles. The van der Waals surface area contributed by atoms with Crippen LogP contribution >= 0.6 is 0 Å². The number of methoxy groups -OCH3 is 2. The predicted octanol–water partition coefficient (Wildman–Crippen LogP) is 3.97. The van der Waals surface area contributed by atoms with Crippen LogP contribution in [0.15, 0.2) is 48.5 Å². The van der Waals surface area contributed by atoms with E-state index in [0.29, 0.717) is 30.2 Å². The highest BCUT2D eigenvalue weighted by Gasteiger charge is 2.29. The van der Waals surface area contributed by atoms with Crippen LogP contribution in [-0.2, 0) is 26.2 Å². The number of amides is 2. The molecule has 210 valence electrons. The van der Waals surface area contributed by atoms with Crippen LogP contribution in [0.5, 0.6) is 11.5 Å². The number of carbonyl (C=O) groups is 2. The molecule has 9 nitrogen and oxygen atoms in total. The van der Waals surface area contributed by atoms with Crippen molar-refractivity contribution in [2.24, 2.45) is 0 Å². The van der Waals surface area contributed by atoms with Crippen molar-refractivity contribution >= 4 is 27.5 Å². The summed E-state index contributed by atoms with van der Waals surface area (Å²) >= 11 is 0. The zero-order chi connectivity index (χ0) is 28.1. The molecule has 0 heterocycles. The standard InChI is InChI=1S/C28H41N3O6S/c1-6-8-19-29-28(33)24(7-2)30(21-22-15-17-23(36-3)18-16-22)27(32)14-11-20-31(38(5,34)35)25-12-9-10-13-26(25)37-4/h9-10,12-13,15-18,24H,6-8,11,14,19-21H2,1-5H3,(H,29,33)/t24-/m1/s1. The fourth-order valence-corrected chi connectivity index (χ4v) is 5.14. The van der Waals surface area contributed by atoms with Crippen LogP contribution in [0.1, 0.15) is 51.5 Å². The summed E-state index contributed by atoms with van der Waals surface area (Å²) in [5.74, 6) is 0.731. The van der Waals surface area contributed by atoms with Crippen molar-refractivity contribution in [1.82, 2.24) is 10.2 Å². The number of nitrogens with zero attached hydrogens (tertiary/aromatic N) is 2. The van der Waals surface area contributed by atoms with E-state index in [1.54, 1.807) is 36.3 Å². The molecule has 1 atom stereocenters. The molecule has 2 amide bonds. The average molecular weight is 548 g/mol. The van der Waals surface area contributed by atoms with Gasteiger partial charge in [-0.15, -0.1) is 0 Å². The Morgan fingerprint density at radius 1 is 0.974 bits per heavy atom. The topological polar surface area (TPSA) is 105 Å². The minimum atomic E-state index is -3.62. The largest absolute Gasteiger partial charge is 0.497 e. The van der Waals surface area contributed by atoms with Crippen LogP contribution in [0.4, 0.5) is 5.69 Å². The van der Waals surface area contributed by atoms with Gasteiger partial charge >= 0.3 is 0 Å². The molecule has 0 saturated carbocycles. The third-order valence-corrected chi connectivity index (χ3v) is 7.41. The molecule has 0 spiro atoms. The second-order valence-corrected chi connectivity index (χ2v) is 11.0. The van der Waals surface area contributed by atoms with Crippen LogP contribution in [-0.4, -0.2) is 64.7 Å². The van der Waals surface area contributed by atoms with Crippen molar-refractivity contribution in [1.29, 1.82) is 0 Å². The Bertz CT molecular complexity index is 1140. The zero-order valence-corrected chi connectivity index (χ0v) is 23.9. The maximum absolute atomic E-state index is 13.5. The van der Waals surface area contributed by atoms with Gasteiger partial charge in [-0.25, -0.2) is 8.42 Å². The molecule has 0 aliphatic rings. The Morgan fingerprint density at radius 2 is 1.66 bits per heavy atom. The van der Waals surface area contributed by atoms with Gasteiger partial charge in [0.25, 0.3) is 0 Å². The summed E-state index contributed by atoms with van der Waals surface area (Å²) in [5, 5.41) is 2.95. The van der Waals surface area contributed by atoms with Crippen molar-refractivity contribution in [3.05, 3.63) is 54.1 Å². The van der Waals surface area contributed by atoms with Crippen molar-refractivity contribution in [3.8, 4) is 11.5 Å². The number of hydrogen-bond donors (Lipinski definition) is 1. The van der Waals surface area contributed by atoms with E-state index in [4.69, 9.17) is 9.47 Å². The summed E-state index contributed by atoms with van der Waals surface area (Å²) in [7, 11) is -0.550. The zero-order valence-electron chi connectivity index (χ0n) is 23.1. The lowest BCUT2D eigenvalue weighted by Crippen LogP contribution is -2.49. The second kappa shape index (κ2) is 15.2. The first-order valence-corrected chi connectivity index (χ1v) is 14.8. The number of carbonyl (C=O) groups excluding carboxylic acids is 2. The van der Waals surface area contributed by atoms with Crippen molar-refractivity contribution in [2.75, 3.05) is 37.9 Å². The van der Waals surface area contributed by atoms with E-state index in [0.717, 1.165) is 24.7 Å². The Kier molecular flexibility index (Phi) is 12.4. The van der Waals surface area contributed by atoms with Gasteiger partial charge in [0.05, 0.1) is 26.2 Å². The summed E-state index contributed by atoms with van der Waals surface area (Å²) in [5.41, 5.74) is 1.28. The molecule has 2 rings (SSSR count). The van der Waals surface area contributed by atoms with Gasteiger partial charge < -0.3 is 19.7 Å². The highest BCUT2D eigenvalue weighted by molar-refractivity contribution is 7.92. The highest BCUT2D eigenvalue weighted by atomic mass is 32.2. The third kappa shape index (κ3) is 8.93. The minimum Gasteiger partial charge on any atom is -0.497 e. The first-order chi connectivity index (χ1) is 18.2. The lowest BCUT2D eigenvalue weighted by molar-refractivity contribution is -0.141. The Labute approximate surface area is 227 Å². The average Bonchev–Trinajstić information content (AvgIpc) is 2.90. The van der Waals surface area contributed by atoms with E-state index < -0.39 is 16.1 Å². The molecule has 0 aliphatic carbocycles. The van der Waals surface area contributed by atoms with Gasteiger partial charge in [-0.05, 0) is 49.1 Å². The summed E-state index contributed by atoms with van der Waals surface area (Å²) in [6.07, 6.45) is 3.75. The normalized spacial score (nSPS) is 11.9. The quantitative estimate of drug-likeness (QED) is 0.319. The summed E-state index contributed by atoms with van der Waals surface area (Å²) < 4.78 is 37.0. The number of nitrogens with one attached hydrogen (secondary N) is 1. The van der Waals surface area contributed by atoms with E-state index in [1.165, 1.54) is 11.4 Å². The van der Waals surface area contributed by atoms with Crippen molar-refractivity contribution in [3.63, 3.8) is 0 Å². The Morgan fingerprint density at radius 3 is 2.24 bits per heavy atom. The fraction of sp³-hybridized carbons (Fsp3) is 0.500. The number of rotatable bonds is 16. The summed E-state index contributed by atoms with van der Waals surface area (Å²) in [6.45, 7) is 4.84. The lowest BCUT2D eigenvalue weighted by Gasteiger charge is -2.31. The van der Waals surface area contributed by atoms with E-state index in [-0.39, 0.29) is 37.7 Å². The van der Waals surface area contributed by atoms with E-state index >= 15 is 0 Å². The second-order valence-electron chi connectivity index (χ2n) is 9.05. The third-order valence-electron chi connectivity index (χ3n) is 6.23. The fourth-order valence-electron chi connectivity index (χ4n) is 4.17. The van der Waals surface area contributed by atoms with Gasteiger partial charge in [-0.3, -0.25) is 13.9 Å². The van der Waals surface area contributed by atoms with Gasteiger partial charge in [-0.1, -0.05) is 44.5 Å². The molecular formula is C28H41N3O6S. The molecule has 38 heavy (non-hydrogen) atoms. The number of hydrogen-bond acceptors (Lipinski definition) is 6. The molecule has 10 heteroatoms. The van der Waals surface area contributed by atoms with Crippen LogP contribution in [0.3, 0.4) is 0 Å². The SMILES string of the molecule is CCCCNC(=O)[C@@H](CC)N(Cc1ccc(OC)cc1)C(=O)CCCN(c1ccccc1OC)S(C)(=O)=O. The van der Waals surface area contributed by atoms with Gasteiger partial charge in [0.15, 0.2) is 0 Å². The van der Waals surface area contributed by atoms with Gasteiger partial charge in [-0.2, -0.15) is 0 Å². The van der Waals surface area contributed by atoms with Gasteiger partial charge in [0, 0.05) is 26.1 Å². The van der Waals surface area contributed by atoms with E-state index in [1.807, 2.05) is 38.1 Å². The van der Waals surface area contributed by atoms with Crippen molar-refractivity contribution in [2.45, 2.75) is 58.5 Å². The van der Waals surface area contributed by atoms with Crippen LogP contribution in [0.25, 0.3) is 0 Å². The number of sulfonamides is 1. The molecule has 0 radical (unpaired) electrons. The molecular weight excluding hydrogens is 506 g/mol. The summed E-state index contributed by atoms with van der Waals surface area (Å²) in [6, 6.07) is 13.6. The molecule has 2 aromatic rings. The maximum atomic E-state index is 13.5. The van der Waals surface area contributed by atoms with Gasteiger partial charge in [0.1, 0.15) is 17.5 Å². The van der Waals surface area contributed by atoms with Gasteiger partial charge in [0.2, 0.25) is 21.8 Å². The van der Waals surface area contributed by atoms with Crippen LogP contribution in [0.2, 0.25) is 0 Å². The molecule has 0 aromatic heterocycles. The molecule has 0 unspecified atom stereocenters. The smallest absolute Gasteiger partial charge is 0.242 e. The minimum absolute atomic E-state index is 0.0794.